The van der Waals surface area contributed by atoms with Crippen molar-refractivity contribution in [1.82, 2.24) is 30.9 Å². The molecule has 0 aliphatic rings. The Morgan fingerprint density at radius 1 is 1.08 bits per heavy atom. The van der Waals surface area contributed by atoms with Gasteiger partial charge in [-0.1, -0.05) is 18.2 Å². The van der Waals surface area contributed by atoms with E-state index in [9.17, 15) is 29.4 Å². The number of carboxylic acid groups (broad SMARTS) is 1. The first-order valence-corrected chi connectivity index (χ1v) is 11.2. The second kappa shape index (κ2) is 12.0. The van der Waals surface area contributed by atoms with E-state index in [1.165, 1.54) is 19.4 Å². The van der Waals surface area contributed by atoms with Crippen molar-refractivity contribution in [2.24, 2.45) is 5.73 Å². The Hall–Kier alpha value is -4.23. The van der Waals surface area contributed by atoms with E-state index in [2.05, 4.69) is 30.9 Å². The van der Waals surface area contributed by atoms with Crippen LogP contribution >= 0.6 is 0 Å². The number of aliphatic hydroxyl groups is 1. The molecule has 3 aromatic rings. The first-order valence-electron chi connectivity index (χ1n) is 11.2. The Bertz CT molecular complexity index is 1210. The Kier molecular flexibility index (Phi) is 8.76. The standard InChI is InChI=1S/C23H29N7O6/c1-12(31)20(30-21(33)16(24)7-14-9-25-11-28-14)22(34)27-10-19(32)29-18(23(35)36)6-13-8-26-17-5-3-2-4-15(13)17/h2-5,8-9,11-12,16,18,20,26,31H,6-7,10,24H2,1H3,(H,25,28)(H,27,34)(H,29,32)(H,30,33)(H,35,36). The Balaban J connectivity index is 1.53. The number of carbonyl (C=O) groups excluding carboxylic acids is 3. The maximum Gasteiger partial charge on any atom is 0.326 e. The van der Waals surface area contributed by atoms with Gasteiger partial charge in [-0.25, -0.2) is 9.78 Å². The number of para-hydroxylation sites is 1. The van der Waals surface area contributed by atoms with Crippen LogP contribution in [-0.2, 0) is 32.0 Å². The molecule has 0 aliphatic carbocycles. The average molecular weight is 500 g/mol. The zero-order chi connectivity index (χ0) is 26.2. The van der Waals surface area contributed by atoms with Gasteiger partial charge in [0.2, 0.25) is 17.7 Å². The average Bonchev–Trinajstić information content (AvgIpc) is 3.50. The number of nitrogens with zero attached hydrogens (tertiary/aromatic N) is 1. The van der Waals surface area contributed by atoms with Gasteiger partial charge in [0.1, 0.15) is 12.1 Å². The van der Waals surface area contributed by atoms with E-state index in [0.29, 0.717) is 11.3 Å². The number of nitrogens with one attached hydrogen (secondary N) is 5. The van der Waals surface area contributed by atoms with Crippen molar-refractivity contribution >= 4 is 34.6 Å². The minimum atomic E-state index is -1.38. The van der Waals surface area contributed by atoms with Crippen LogP contribution in [0.1, 0.15) is 18.2 Å². The highest BCUT2D eigenvalue weighted by molar-refractivity contribution is 5.93. The highest BCUT2D eigenvalue weighted by Gasteiger charge is 2.29. The minimum Gasteiger partial charge on any atom is -0.480 e. The molecule has 4 unspecified atom stereocenters. The maximum absolute atomic E-state index is 12.5. The third-order valence-electron chi connectivity index (χ3n) is 5.55. The number of imidazole rings is 1. The number of aromatic amines is 2. The van der Waals surface area contributed by atoms with E-state index in [-0.39, 0.29) is 12.8 Å². The van der Waals surface area contributed by atoms with Gasteiger partial charge in [0.15, 0.2) is 0 Å². The van der Waals surface area contributed by atoms with Crippen LogP contribution in [0.2, 0.25) is 0 Å². The number of hydrogen-bond acceptors (Lipinski definition) is 7. The van der Waals surface area contributed by atoms with Gasteiger partial charge in [0.25, 0.3) is 0 Å². The van der Waals surface area contributed by atoms with Crippen LogP contribution in [0, 0.1) is 0 Å². The van der Waals surface area contributed by atoms with E-state index in [1.54, 1.807) is 6.20 Å². The lowest BCUT2D eigenvalue weighted by atomic mass is 10.0. The Morgan fingerprint density at radius 3 is 2.50 bits per heavy atom. The first-order chi connectivity index (χ1) is 17.2. The molecule has 0 fully saturated rings. The summed E-state index contributed by atoms with van der Waals surface area (Å²) in [4.78, 5) is 58.7. The smallest absolute Gasteiger partial charge is 0.326 e. The summed E-state index contributed by atoms with van der Waals surface area (Å²) in [5, 5.41) is 27.4. The molecule has 2 heterocycles. The molecule has 3 amide bonds. The number of aliphatic carboxylic acids is 1. The molecule has 0 radical (unpaired) electrons. The summed E-state index contributed by atoms with van der Waals surface area (Å²) >= 11 is 0. The monoisotopic (exact) mass is 499 g/mol. The Morgan fingerprint density at radius 2 is 1.83 bits per heavy atom. The molecule has 1 aromatic carbocycles. The molecule has 0 bridgehead atoms. The van der Waals surface area contributed by atoms with Crippen molar-refractivity contribution in [3.63, 3.8) is 0 Å². The lowest BCUT2D eigenvalue weighted by molar-refractivity contribution is -0.141. The summed E-state index contributed by atoms with van der Waals surface area (Å²) in [6.45, 7) is 0.739. The van der Waals surface area contributed by atoms with Crippen molar-refractivity contribution in [2.75, 3.05) is 6.54 Å². The molecular formula is C23H29N7O6. The van der Waals surface area contributed by atoms with Crippen molar-refractivity contribution in [2.45, 2.75) is 44.0 Å². The van der Waals surface area contributed by atoms with Gasteiger partial charge < -0.3 is 41.9 Å². The number of aliphatic hydroxyl groups excluding tert-OH is 1. The fraction of sp³-hybridized carbons (Fsp3) is 0.348. The van der Waals surface area contributed by atoms with Gasteiger partial charge in [0, 0.05) is 41.8 Å². The van der Waals surface area contributed by atoms with Crippen LogP contribution in [0.5, 0.6) is 0 Å². The Labute approximate surface area is 205 Å². The summed E-state index contributed by atoms with van der Waals surface area (Å²) in [6.07, 6.45) is 3.50. The molecule has 3 rings (SSSR count). The number of benzene rings is 1. The quantitative estimate of drug-likeness (QED) is 0.147. The molecule has 0 spiro atoms. The molecular weight excluding hydrogens is 470 g/mol. The van der Waals surface area contributed by atoms with Gasteiger partial charge in [0.05, 0.1) is 25.0 Å². The number of nitrogens with two attached hydrogens (primary N) is 1. The SMILES string of the molecule is CC(O)C(NC(=O)C(N)Cc1cnc[nH]1)C(=O)NCC(=O)NC(Cc1c[nH]c2ccccc12)C(=O)O. The highest BCUT2D eigenvalue weighted by Crippen LogP contribution is 2.19. The molecule has 0 saturated heterocycles. The summed E-state index contributed by atoms with van der Waals surface area (Å²) in [5.74, 6) is -3.49. The van der Waals surface area contributed by atoms with Gasteiger partial charge in [-0.15, -0.1) is 0 Å². The summed E-state index contributed by atoms with van der Waals surface area (Å²) < 4.78 is 0. The predicted octanol–water partition coefficient (Wildman–Crippen LogP) is -1.45. The third kappa shape index (κ3) is 6.90. The molecule has 36 heavy (non-hydrogen) atoms. The number of amides is 3. The first kappa shape index (κ1) is 26.4. The predicted molar refractivity (Wildman–Crippen MR) is 128 cm³/mol. The number of carbonyl (C=O) groups is 4. The van der Waals surface area contributed by atoms with Crippen LogP contribution < -0.4 is 21.7 Å². The number of H-pyrrole nitrogens is 2. The lowest BCUT2D eigenvalue weighted by Crippen LogP contribution is -2.57. The highest BCUT2D eigenvalue weighted by atomic mass is 16.4. The van der Waals surface area contributed by atoms with E-state index >= 15 is 0 Å². The van der Waals surface area contributed by atoms with Gasteiger partial charge in [-0.2, -0.15) is 0 Å². The van der Waals surface area contributed by atoms with Gasteiger partial charge in [-0.05, 0) is 18.6 Å². The fourth-order valence-electron chi connectivity index (χ4n) is 3.63. The van der Waals surface area contributed by atoms with E-state index in [0.717, 1.165) is 10.9 Å². The molecule has 0 saturated carbocycles. The van der Waals surface area contributed by atoms with Gasteiger partial charge >= 0.3 is 5.97 Å². The van der Waals surface area contributed by atoms with Crippen molar-refractivity contribution in [3.05, 3.63) is 54.2 Å². The molecule has 13 heteroatoms. The van der Waals surface area contributed by atoms with E-state index in [1.807, 2.05) is 24.3 Å². The largest absolute Gasteiger partial charge is 0.480 e. The van der Waals surface area contributed by atoms with Gasteiger partial charge in [-0.3, -0.25) is 14.4 Å². The van der Waals surface area contributed by atoms with Crippen molar-refractivity contribution < 1.29 is 29.4 Å². The molecule has 0 aliphatic heterocycles. The number of aromatic nitrogens is 3. The number of rotatable bonds is 12. The number of hydrogen-bond donors (Lipinski definition) is 8. The topological polar surface area (TPSA) is 215 Å². The van der Waals surface area contributed by atoms with Crippen LogP contribution in [0.25, 0.3) is 10.9 Å². The number of fused-ring (bicyclic) bond motifs is 1. The molecule has 9 N–H and O–H groups in total. The normalized spacial score (nSPS) is 14.4. The molecule has 4 atom stereocenters. The molecule has 13 nitrogen and oxygen atoms in total. The van der Waals surface area contributed by atoms with Crippen molar-refractivity contribution in [3.8, 4) is 0 Å². The maximum atomic E-state index is 12.5. The summed E-state index contributed by atoms with van der Waals surface area (Å²) in [6, 6.07) is 3.74. The third-order valence-corrected chi connectivity index (χ3v) is 5.55. The second-order valence-electron chi connectivity index (χ2n) is 8.35. The summed E-state index contributed by atoms with van der Waals surface area (Å²) in [7, 11) is 0. The fourth-order valence-corrected chi connectivity index (χ4v) is 3.63. The second-order valence-corrected chi connectivity index (χ2v) is 8.35. The zero-order valence-corrected chi connectivity index (χ0v) is 19.5. The van der Waals surface area contributed by atoms with Crippen LogP contribution in [0.3, 0.4) is 0 Å². The molecule has 192 valence electrons. The van der Waals surface area contributed by atoms with Crippen LogP contribution in [-0.4, -0.2) is 79.6 Å². The van der Waals surface area contributed by atoms with E-state index in [4.69, 9.17) is 5.73 Å². The van der Waals surface area contributed by atoms with E-state index < -0.39 is 54.5 Å². The summed E-state index contributed by atoms with van der Waals surface area (Å²) in [5.41, 5.74) is 8.03. The number of carboxylic acids is 1. The van der Waals surface area contributed by atoms with Crippen molar-refractivity contribution in [1.29, 1.82) is 0 Å². The molecule has 2 aromatic heterocycles. The zero-order valence-electron chi connectivity index (χ0n) is 19.5. The van der Waals surface area contributed by atoms with Crippen LogP contribution in [0.15, 0.2) is 43.0 Å². The minimum absolute atomic E-state index is 0.0274. The van der Waals surface area contributed by atoms with Crippen LogP contribution in [0.4, 0.5) is 0 Å². The lowest BCUT2D eigenvalue weighted by Gasteiger charge is -2.22.